The Balaban J connectivity index is 1.94. The fourth-order valence-corrected chi connectivity index (χ4v) is 4.97. The van der Waals surface area contributed by atoms with E-state index in [4.69, 9.17) is 19.5 Å². The van der Waals surface area contributed by atoms with Crippen molar-refractivity contribution in [1.29, 1.82) is 5.26 Å². The number of carbonyl (C=O) groups excluding carboxylic acids is 2. The number of benzene rings is 2. The van der Waals surface area contributed by atoms with E-state index in [1.54, 1.807) is 19.1 Å². The zero-order valence-electron chi connectivity index (χ0n) is 17.6. The topological polar surface area (TPSA) is 97.6 Å². The Bertz CT molecular complexity index is 1260. The van der Waals surface area contributed by atoms with Crippen molar-refractivity contribution in [2.75, 3.05) is 20.8 Å². The molecule has 0 bridgehead atoms. The van der Waals surface area contributed by atoms with Crippen LogP contribution >= 0.6 is 22.6 Å². The minimum Gasteiger partial charge on any atom is -0.493 e. The summed E-state index contributed by atoms with van der Waals surface area (Å²) in [6, 6.07) is 12.9. The number of ketones is 1. The summed E-state index contributed by atoms with van der Waals surface area (Å²) < 4.78 is 16.8. The molecule has 4 rings (SSSR count). The molecule has 0 saturated heterocycles. The third-order valence-corrected chi connectivity index (χ3v) is 6.32. The quantitative estimate of drug-likeness (QED) is 0.452. The molecular weight excluding hydrogens is 523 g/mol. The van der Waals surface area contributed by atoms with Gasteiger partial charge >= 0.3 is 5.97 Å². The Morgan fingerprint density at radius 2 is 1.94 bits per heavy atom. The van der Waals surface area contributed by atoms with E-state index in [0.717, 1.165) is 5.56 Å². The van der Waals surface area contributed by atoms with Crippen LogP contribution in [0.25, 0.3) is 5.70 Å². The molecule has 2 aromatic carbocycles. The number of esters is 1. The predicted molar refractivity (Wildman–Crippen MR) is 125 cm³/mol. The molecule has 0 fully saturated rings. The minimum atomic E-state index is -0.661. The van der Waals surface area contributed by atoms with Gasteiger partial charge in [0, 0.05) is 28.3 Å². The lowest BCUT2D eigenvalue weighted by molar-refractivity contribution is -0.136. The van der Waals surface area contributed by atoms with Crippen LogP contribution in [0.4, 0.5) is 0 Å². The first-order valence-electron chi connectivity index (χ1n) is 9.74. The highest BCUT2D eigenvalue weighted by Gasteiger charge is 2.43. The van der Waals surface area contributed by atoms with Gasteiger partial charge in [0.1, 0.15) is 6.07 Å². The highest BCUT2D eigenvalue weighted by molar-refractivity contribution is 14.1. The third kappa shape index (κ3) is 3.42. The van der Waals surface area contributed by atoms with Crippen LogP contribution in [0.1, 0.15) is 34.3 Å². The molecule has 0 aromatic heterocycles. The summed E-state index contributed by atoms with van der Waals surface area (Å²) in [4.78, 5) is 26.3. The predicted octanol–water partition coefficient (Wildman–Crippen LogP) is 3.94. The maximum absolute atomic E-state index is 13.5. The Kier molecular flexibility index (Phi) is 5.93. The highest BCUT2D eigenvalue weighted by atomic mass is 127. The van der Waals surface area contributed by atoms with Gasteiger partial charge in [-0.2, -0.15) is 5.26 Å². The number of carbonyl (C=O) groups is 2. The van der Waals surface area contributed by atoms with Crippen LogP contribution in [-0.2, 0) is 9.53 Å². The SMILES string of the molecule is COC(=O)C1=C(C)NC2=C(C(=O)c3ccccc32)[C@@H]1c1cc(I)c(OCC#N)c(OC)c1. The number of ether oxygens (including phenoxy) is 3. The number of Topliss-reactive ketones (excluding diaryl/α,β-unsaturated/α-hetero) is 1. The van der Waals surface area contributed by atoms with Crippen molar-refractivity contribution < 1.29 is 23.8 Å². The third-order valence-electron chi connectivity index (χ3n) is 5.52. The van der Waals surface area contributed by atoms with Crippen molar-refractivity contribution in [1.82, 2.24) is 5.32 Å². The van der Waals surface area contributed by atoms with E-state index in [1.165, 1.54) is 14.2 Å². The zero-order valence-corrected chi connectivity index (χ0v) is 19.8. The number of hydrogen-bond donors (Lipinski definition) is 1. The monoisotopic (exact) mass is 542 g/mol. The van der Waals surface area contributed by atoms with Crippen molar-refractivity contribution in [2.45, 2.75) is 12.8 Å². The molecule has 0 spiro atoms. The number of allylic oxidation sites excluding steroid dienone is 2. The van der Waals surface area contributed by atoms with Gasteiger partial charge in [-0.3, -0.25) is 4.79 Å². The normalized spacial score (nSPS) is 16.7. The number of nitriles is 1. The number of fused-ring (bicyclic) bond motifs is 2. The molecule has 1 aliphatic carbocycles. The fourth-order valence-electron chi connectivity index (χ4n) is 4.19. The van der Waals surface area contributed by atoms with E-state index in [9.17, 15) is 9.59 Å². The number of halogens is 1. The second kappa shape index (κ2) is 8.67. The molecule has 1 heterocycles. The Morgan fingerprint density at radius 3 is 2.59 bits per heavy atom. The molecule has 162 valence electrons. The molecule has 0 radical (unpaired) electrons. The van der Waals surface area contributed by atoms with E-state index in [-0.39, 0.29) is 12.4 Å². The second-order valence-electron chi connectivity index (χ2n) is 7.23. The maximum Gasteiger partial charge on any atom is 0.336 e. The Hall–Kier alpha value is -3.32. The summed E-state index contributed by atoms with van der Waals surface area (Å²) in [5, 5.41) is 12.1. The minimum absolute atomic E-state index is 0.130. The number of dihydropyridines is 1. The highest BCUT2D eigenvalue weighted by Crippen LogP contribution is 2.48. The van der Waals surface area contributed by atoms with E-state index in [2.05, 4.69) is 27.9 Å². The fraction of sp³-hybridized carbons (Fsp3) is 0.208. The number of methoxy groups -OCH3 is 2. The molecule has 1 aliphatic heterocycles. The molecule has 8 heteroatoms. The Morgan fingerprint density at radius 1 is 1.22 bits per heavy atom. The van der Waals surface area contributed by atoms with Crippen LogP contribution < -0.4 is 14.8 Å². The lowest BCUT2D eigenvalue weighted by Crippen LogP contribution is -2.29. The van der Waals surface area contributed by atoms with Crippen molar-refractivity contribution in [2.24, 2.45) is 0 Å². The van der Waals surface area contributed by atoms with Crippen molar-refractivity contribution in [3.05, 3.63) is 73.5 Å². The van der Waals surface area contributed by atoms with Gasteiger partial charge in [0.15, 0.2) is 23.9 Å². The number of nitrogens with zero attached hydrogens (tertiary/aromatic N) is 1. The van der Waals surface area contributed by atoms with Crippen LogP contribution in [0, 0.1) is 14.9 Å². The molecular formula is C24H19IN2O5. The number of nitrogens with one attached hydrogen (secondary N) is 1. The van der Waals surface area contributed by atoms with Gasteiger partial charge in [-0.15, -0.1) is 0 Å². The molecule has 32 heavy (non-hydrogen) atoms. The second-order valence-corrected chi connectivity index (χ2v) is 8.39. The molecule has 2 aromatic rings. The van der Waals surface area contributed by atoms with Gasteiger partial charge in [-0.25, -0.2) is 4.79 Å². The molecule has 0 amide bonds. The maximum atomic E-state index is 13.5. The van der Waals surface area contributed by atoms with Crippen LogP contribution in [0.2, 0.25) is 0 Å². The Labute approximate surface area is 198 Å². The smallest absolute Gasteiger partial charge is 0.336 e. The summed E-state index contributed by atoms with van der Waals surface area (Å²) in [5.41, 5.74) is 4.23. The lowest BCUT2D eigenvalue weighted by atomic mass is 9.79. The lowest BCUT2D eigenvalue weighted by Gasteiger charge is -2.29. The van der Waals surface area contributed by atoms with E-state index < -0.39 is 11.9 Å². The van der Waals surface area contributed by atoms with Crippen LogP contribution in [-0.4, -0.2) is 32.6 Å². The summed E-state index contributed by atoms with van der Waals surface area (Å²) in [6.45, 7) is 1.66. The average Bonchev–Trinajstić information content (AvgIpc) is 3.08. The van der Waals surface area contributed by atoms with Crippen molar-refractivity contribution in [3.8, 4) is 17.6 Å². The first-order chi connectivity index (χ1) is 15.4. The van der Waals surface area contributed by atoms with Crippen molar-refractivity contribution >= 4 is 40.0 Å². The molecule has 2 aliphatic rings. The van der Waals surface area contributed by atoms with Gasteiger partial charge in [0.2, 0.25) is 0 Å². The first-order valence-corrected chi connectivity index (χ1v) is 10.8. The summed E-state index contributed by atoms with van der Waals surface area (Å²) >= 11 is 2.09. The first kappa shape index (κ1) is 21.9. The van der Waals surface area contributed by atoms with Gasteiger partial charge in [-0.05, 0) is 47.2 Å². The summed E-state index contributed by atoms with van der Waals surface area (Å²) in [6.07, 6.45) is 0. The molecule has 7 nitrogen and oxygen atoms in total. The van der Waals surface area contributed by atoms with Crippen LogP contribution in [0.5, 0.6) is 11.5 Å². The number of hydrogen-bond acceptors (Lipinski definition) is 7. The average molecular weight is 542 g/mol. The van der Waals surface area contributed by atoms with E-state index in [0.29, 0.717) is 48.7 Å². The molecule has 0 unspecified atom stereocenters. The number of rotatable bonds is 5. The van der Waals surface area contributed by atoms with E-state index in [1.807, 2.05) is 30.3 Å². The van der Waals surface area contributed by atoms with Crippen molar-refractivity contribution in [3.63, 3.8) is 0 Å². The zero-order chi connectivity index (χ0) is 23.0. The van der Waals surface area contributed by atoms with Crippen LogP contribution in [0.15, 0.2) is 53.2 Å². The summed E-state index contributed by atoms with van der Waals surface area (Å²) in [7, 11) is 2.82. The van der Waals surface area contributed by atoms with Gasteiger partial charge in [-0.1, -0.05) is 24.3 Å². The standard InChI is InChI=1S/C24H19IN2O5/c1-12-18(24(29)31-3)19(13-10-16(25)23(32-9-8-26)17(11-13)30-2)20-21(27-12)14-6-4-5-7-15(14)22(20)28/h4-7,10-11,19,27H,9H2,1-3H3/t19-/m1/s1. The molecule has 1 atom stereocenters. The van der Waals surface area contributed by atoms with Crippen LogP contribution in [0.3, 0.4) is 0 Å². The summed E-state index contributed by atoms with van der Waals surface area (Å²) in [5.74, 6) is -0.476. The van der Waals surface area contributed by atoms with Gasteiger partial charge in [0.25, 0.3) is 0 Å². The van der Waals surface area contributed by atoms with Gasteiger partial charge in [0.05, 0.1) is 29.1 Å². The molecule has 0 saturated carbocycles. The van der Waals surface area contributed by atoms with Gasteiger partial charge < -0.3 is 19.5 Å². The van der Waals surface area contributed by atoms with E-state index >= 15 is 0 Å². The molecule has 1 N–H and O–H groups in total. The largest absolute Gasteiger partial charge is 0.493 e.